The smallest absolute Gasteiger partial charge is 0.0748 e. The summed E-state index contributed by atoms with van der Waals surface area (Å²) in [7, 11) is 0. The number of nitrogens with one attached hydrogen (secondary N) is 3. The molecule has 4 heteroatoms. The van der Waals surface area contributed by atoms with Crippen molar-refractivity contribution in [1.29, 1.82) is 0 Å². The van der Waals surface area contributed by atoms with E-state index in [1.165, 1.54) is 5.56 Å². The molecule has 1 aliphatic heterocycles. The molecule has 0 spiro atoms. The van der Waals surface area contributed by atoms with Crippen LogP contribution in [0.15, 0.2) is 24.3 Å². The molecule has 1 aromatic rings. The van der Waals surface area contributed by atoms with Gasteiger partial charge in [0.25, 0.3) is 0 Å². The molecule has 1 heterocycles. The fraction of sp³-hybridized carbons (Fsp3) is 0.538. The van der Waals surface area contributed by atoms with Crippen LogP contribution in [0, 0.1) is 5.92 Å². The number of hydrazine groups is 1. The van der Waals surface area contributed by atoms with E-state index < -0.39 is 0 Å². The second kappa shape index (κ2) is 5.83. The summed E-state index contributed by atoms with van der Waals surface area (Å²) in [5, 5.41) is 4.28. The molecule has 1 aromatic carbocycles. The first kappa shape index (κ1) is 12.8. The summed E-state index contributed by atoms with van der Waals surface area (Å²) in [6.07, 6.45) is 1.48. The maximum absolute atomic E-state index is 5.90. The van der Waals surface area contributed by atoms with Crippen molar-refractivity contribution in [3.63, 3.8) is 0 Å². The van der Waals surface area contributed by atoms with E-state index in [1.54, 1.807) is 0 Å². The predicted molar refractivity (Wildman–Crippen MR) is 71.7 cm³/mol. The third kappa shape index (κ3) is 2.99. The van der Waals surface area contributed by atoms with Gasteiger partial charge in [0, 0.05) is 10.9 Å². The Balaban J connectivity index is 2.01. The molecule has 1 aliphatic rings. The van der Waals surface area contributed by atoms with E-state index in [9.17, 15) is 0 Å². The molecule has 1 saturated heterocycles. The van der Waals surface area contributed by atoms with Crippen LogP contribution in [-0.2, 0) is 0 Å². The Kier molecular flexibility index (Phi) is 4.40. The number of rotatable bonds is 4. The van der Waals surface area contributed by atoms with Crippen LogP contribution in [0.2, 0.25) is 5.02 Å². The summed E-state index contributed by atoms with van der Waals surface area (Å²) in [4.78, 5) is 0. The van der Waals surface area contributed by atoms with Gasteiger partial charge in [-0.25, -0.2) is 10.9 Å². The molecular weight excluding hydrogens is 234 g/mol. The average Bonchev–Trinajstić information content (AvgIpc) is 2.69. The van der Waals surface area contributed by atoms with Crippen LogP contribution in [-0.4, -0.2) is 12.7 Å². The van der Waals surface area contributed by atoms with Gasteiger partial charge in [-0.1, -0.05) is 37.6 Å². The Morgan fingerprint density at radius 1 is 1.24 bits per heavy atom. The highest BCUT2D eigenvalue weighted by atomic mass is 35.5. The standard InChI is InChI=1S/C13H20ClN3/c1-3-8-15-13-9(2)12(16-17-13)10-4-6-11(14)7-5-10/h4-7,9,12-13,15-17H,3,8H2,1-2H3. The van der Waals surface area contributed by atoms with Crippen LogP contribution in [0.4, 0.5) is 0 Å². The first-order valence-electron chi connectivity index (χ1n) is 6.22. The van der Waals surface area contributed by atoms with Crippen LogP contribution in [0.3, 0.4) is 0 Å². The maximum Gasteiger partial charge on any atom is 0.0748 e. The number of hydrogen-bond donors (Lipinski definition) is 3. The highest BCUT2D eigenvalue weighted by molar-refractivity contribution is 6.30. The Labute approximate surface area is 108 Å². The molecule has 3 nitrogen and oxygen atoms in total. The Bertz CT molecular complexity index is 352. The summed E-state index contributed by atoms with van der Waals surface area (Å²) < 4.78 is 0. The predicted octanol–water partition coefficient (Wildman–Crippen LogP) is 2.45. The lowest BCUT2D eigenvalue weighted by molar-refractivity contribution is 0.384. The van der Waals surface area contributed by atoms with E-state index in [2.05, 4.69) is 42.1 Å². The van der Waals surface area contributed by atoms with Crippen LogP contribution < -0.4 is 16.2 Å². The summed E-state index contributed by atoms with van der Waals surface area (Å²) >= 11 is 5.90. The average molecular weight is 254 g/mol. The van der Waals surface area contributed by atoms with Gasteiger partial charge in [-0.05, 0) is 30.7 Å². The van der Waals surface area contributed by atoms with Gasteiger partial charge in [0.05, 0.1) is 12.2 Å². The first-order chi connectivity index (χ1) is 8.22. The van der Waals surface area contributed by atoms with Gasteiger partial charge in [-0.2, -0.15) is 0 Å². The number of benzene rings is 1. The minimum atomic E-state index is 0.329. The molecule has 0 aliphatic carbocycles. The van der Waals surface area contributed by atoms with Crippen molar-refractivity contribution in [3.8, 4) is 0 Å². The molecule has 0 bridgehead atoms. The maximum atomic E-state index is 5.90. The minimum Gasteiger partial charge on any atom is -0.301 e. The van der Waals surface area contributed by atoms with Gasteiger partial charge in [0.1, 0.15) is 0 Å². The fourth-order valence-electron chi connectivity index (χ4n) is 2.23. The molecule has 3 unspecified atom stereocenters. The lowest BCUT2D eigenvalue weighted by Gasteiger charge is -2.19. The van der Waals surface area contributed by atoms with Crippen LogP contribution in [0.1, 0.15) is 31.9 Å². The summed E-state index contributed by atoms with van der Waals surface area (Å²) in [6.45, 7) is 5.47. The van der Waals surface area contributed by atoms with Crippen molar-refractivity contribution in [2.45, 2.75) is 32.5 Å². The third-order valence-electron chi connectivity index (χ3n) is 3.29. The van der Waals surface area contributed by atoms with Gasteiger partial charge >= 0.3 is 0 Å². The molecule has 0 amide bonds. The third-order valence-corrected chi connectivity index (χ3v) is 3.54. The van der Waals surface area contributed by atoms with Gasteiger partial charge < -0.3 is 5.32 Å². The zero-order chi connectivity index (χ0) is 12.3. The van der Waals surface area contributed by atoms with E-state index >= 15 is 0 Å². The molecular formula is C13H20ClN3. The molecule has 0 radical (unpaired) electrons. The Hall–Kier alpha value is -0.610. The molecule has 3 N–H and O–H groups in total. The molecule has 0 aromatic heterocycles. The quantitative estimate of drug-likeness (QED) is 0.772. The van der Waals surface area contributed by atoms with Gasteiger partial charge in [0.2, 0.25) is 0 Å². The van der Waals surface area contributed by atoms with E-state index in [4.69, 9.17) is 11.6 Å². The van der Waals surface area contributed by atoms with Crippen LogP contribution in [0.25, 0.3) is 0 Å². The van der Waals surface area contributed by atoms with Gasteiger partial charge in [0.15, 0.2) is 0 Å². The molecule has 0 saturated carbocycles. The first-order valence-corrected chi connectivity index (χ1v) is 6.60. The molecule has 94 valence electrons. The molecule has 2 rings (SSSR count). The number of hydrogen-bond acceptors (Lipinski definition) is 3. The normalized spacial score (nSPS) is 28.5. The van der Waals surface area contributed by atoms with Crippen molar-refractivity contribution in [1.82, 2.24) is 16.2 Å². The van der Waals surface area contributed by atoms with Crippen molar-refractivity contribution >= 4 is 11.6 Å². The molecule has 3 atom stereocenters. The van der Waals surface area contributed by atoms with E-state index in [1.807, 2.05) is 12.1 Å². The fourth-order valence-corrected chi connectivity index (χ4v) is 2.35. The lowest BCUT2D eigenvalue weighted by atomic mass is 9.94. The van der Waals surface area contributed by atoms with Crippen molar-refractivity contribution in [2.75, 3.05) is 6.54 Å². The van der Waals surface area contributed by atoms with Crippen molar-refractivity contribution in [2.24, 2.45) is 5.92 Å². The highest BCUT2D eigenvalue weighted by Crippen LogP contribution is 2.28. The van der Waals surface area contributed by atoms with E-state index in [-0.39, 0.29) is 0 Å². The Morgan fingerprint density at radius 3 is 2.59 bits per heavy atom. The second-order valence-corrected chi connectivity index (χ2v) is 5.05. The van der Waals surface area contributed by atoms with Crippen molar-refractivity contribution < 1.29 is 0 Å². The van der Waals surface area contributed by atoms with E-state index in [0.717, 1.165) is 18.0 Å². The largest absolute Gasteiger partial charge is 0.301 e. The molecule has 1 fully saturated rings. The van der Waals surface area contributed by atoms with Gasteiger partial charge in [-0.15, -0.1) is 0 Å². The summed E-state index contributed by atoms with van der Waals surface area (Å²) in [5.74, 6) is 0.503. The zero-order valence-electron chi connectivity index (χ0n) is 10.3. The zero-order valence-corrected chi connectivity index (χ0v) is 11.1. The lowest BCUT2D eigenvalue weighted by Crippen LogP contribution is -2.43. The summed E-state index contributed by atoms with van der Waals surface area (Å²) in [5.41, 5.74) is 7.93. The highest BCUT2D eigenvalue weighted by Gasteiger charge is 2.32. The van der Waals surface area contributed by atoms with Crippen molar-refractivity contribution in [3.05, 3.63) is 34.9 Å². The molecule has 17 heavy (non-hydrogen) atoms. The van der Waals surface area contributed by atoms with Gasteiger partial charge in [-0.3, -0.25) is 0 Å². The van der Waals surface area contributed by atoms with Crippen LogP contribution >= 0.6 is 11.6 Å². The monoisotopic (exact) mass is 253 g/mol. The second-order valence-electron chi connectivity index (χ2n) is 4.61. The topological polar surface area (TPSA) is 36.1 Å². The minimum absolute atomic E-state index is 0.329. The van der Waals surface area contributed by atoms with E-state index in [0.29, 0.717) is 18.1 Å². The van der Waals surface area contributed by atoms with Crippen LogP contribution in [0.5, 0.6) is 0 Å². The number of halogens is 1. The summed E-state index contributed by atoms with van der Waals surface area (Å²) in [6, 6.07) is 8.39. The SMILES string of the molecule is CCCNC1NNC(c2ccc(Cl)cc2)C1C. The Morgan fingerprint density at radius 2 is 1.94 bits per heavy atom.